The van der Waals surface area contributed by atoms with Gasteiger partial charge in [0, 0.05) is 6.04 Å². The maximum atomic E-state index is 9.00. The Labute approximate surface area is 126 Å². The van der Waals surface area contributed by atoms with Crippen LogP contribution in [0.3, 0.4) is 0 Å². The molecule has 0 bridgehead atoms. The van der Waals surface area contributed by atoms with Gasteiger partial charge in [-0.3, -0.25) is 0 Å². The number of hydrogen-bond donors (Lipinski definition) is 3. The lowest BCUT2D eigenvalue weighted by molar-refractivity contribution is 0.162. The summed E-state index contributed by atoms with van der Waals surface area (Å²) >= 11 is 0. The van der Waals surface area contributed by atoms with Crippen molar-refractivity contribution in [1.29, 1.82) is 0 Å². The second-order valence-electron chi connectivity index (χ2n) is 6.10. The lowest BCUT2D eigenvalue weighted by Crippen LogP contribution is -2.41. The summed E-state index contributed by atoms with van der Waals surface area (Å²) in [6, 6.07) is 0.224. The van der Waals surface area contributed by atoms with E-state index in [0.717, 1.165) is 6.42 Å². The summed E-state index contributed by atoms with van der Waals surface area (Å²) < 4.78 is 0. The zero-order valence-electron chi connectivity index (χ0n) is 13.7. The average Bonchev–Trinajstić information content (AvgIpc) is 2.46. The van der Waals surface area contributed by atoms with Crippen LogP contribution in [0.15, 0.2) is 0 Å². The van der Waals surface area contributed by atoms with Gasteiger partial charge in [-0.05, 0) is 13.3 Å². The maximum absolute atomic E-state index is 9.00. The Morgan fingerprint density at radius 2 is 1.20 bits per heavy atom. The molecule has 20 heavy (non-hydrogen) atoms. The van der Waals surface area contributed by atoms with Crippen molar-refractivity contribution in [3.05, 3.63) is 0 Å². The summed E-state index contributed by atoms with van der Waals surface area (Å²) in [6.07, 6.45) is 14.8. The van der Waals surface area contributed by atoms with Crippen LogP contribution >= 0.6 is 0 Å². The summed E-state index contributed by atoms with van der Waals surface area (Å²) in [5.74, 6) is 0. The molecule has 0 saturated heterocycles. The molecule has 0 aromatic rings. The molecule has 0 heterocycles. The van der Waals surface area contributed by atoms with Gasteiger partial charge >= 0.3 is 0 Å². The predicted octanol–water partition coefficient (Wildman–Crippen LogP) is 3.63. The molecule has 1 unspecified atom stereocenters. The maximum Gasteiger partial charge on any atom is 0.0607 e. The van der Waals surface area contributed by atoms with Crippen LogP contribution in [0.4, 0.5) is 0 Å². The second-order valence-corrected chi connectivity index (χ2v) is 6.10. The van der Waals surface area contributed by atoms with E-state index in [9.17, 15) is 0 Å². The Hall–Kier alpha value is -0.120. The molecule has 0 rings (SSSR count). The molecule has 0 fully saturated rings. The van der Waals surface area contributed by atoms with Gasteiger partial charge in [-0.1, -0.05) is 71.1 Å². The van der Waals surface area contributed by atoms with E-state index >= 15 is 0 Å². The van der Waals surface area contributed by atoms with Crippen LogP contribution in [0.25, 0.3) is 0 Å². The van der Waals surface area contributed by atoms with Crippen molar-refractivity contribution < 1.29 is 10.2 Å². The first-order valence-electron chi connectivity index (χ1n) is 8.72. The largest absolute Gasteiger partial charge is 0.395 e. The lowest BCUT2D eigenvalue weighted by atomic mass is 10.0. The summed E-state index contributed by atoms with van der Waals surface area (Å²) in [4.78, 5) is 0. The second kappa shape index (κ2) is 15.3. The Morgan fingerprint density at radius 3 is 1.65 bits per heavy atom. The third kappa shape index (κ3) is 12.9. The van der Waals surface area contributed by atoms with Gasteiger partial charge in [-0.2, -0.15) is 0 Å². The van der Waals surface area contributed by atoms with Crippen LogP contribution in [0.1, 0.15) is 84.5 Å². The third-order valence-electron chi connectivity index (χ3n) is 3.95. The Morgan fingerprint density at radius 1 is 0.750 bits per heavy atom. The fourth-order valence-corrected chi connectivity index (χ4v) is 2.59. The molecule has 0 aromatic heterocycles. The van der Waals surface area contributed by atoms with Gasteiger partial charge in [-0.25, -0.2) is 0 Å². The van der Waals surface area contributed by atoms with E-state index in [0.29, 0.717) is 6.04 Å². The van der Waals surface area contributed by atoms with Crippen molar-refractivity contribution in [2.45, 2.75) is 96.6 Å². The molecule has 0 radical (unpaired) electrons. The minimum Gasteiger partial charge on any atom is -0.395 e. The fourth-order valence-electron chi connectivity index (χ4n) is 2.59. The van der Waals surface area contributed by atoms with E-state index in [1.54, 1.807) is 0 Å². The highest BCUT2D eigenvalue weighted by molar-refractivity contribution is 4.69. The highest BCUT2D eigenvalue weighted by Crippen LogP contribution is 2.12. The van der Waals surface area contributed by atoms with Crippen LogP contribution in [0.2, 0.25) is 0 Å². The van der Waals surface area contributed by atoms with Crippen LogP contribution < -0.4 is 5.32 Å². The van der Waals surface area contributed by atoms with Crippen LogP contribution in [-0.4, -0.2) is 35.5 Å². The quantitative estimate of drug-likeness (QED) is 0.403. The van der Waals surface area contributed by atoms with Crippen molar-refractivity contribution in [2.24, 2.45) is 0 Å². The highest BCUT2D eigenvalue weighted by Gasteiger charge is 2.09. The van der Waals surface area contributed by atoms with Crippen molar-refractivity contribution >= 4 is 0 Å². The zero-order valence-corrected chi connectivity index (χ0v) is 13.7. The monoisotopic (exact) mass is 287 g/mol. The molecule has 0 aliphatic carbocycles. The normalized spacial score (nSPS) is 13.1. The summed E-state index contributed by atoms with van der Waals surface area (Å²) in [6.45, 7) is 4.42. The minimum atomic E-state index is -0.159. The van der Waals surface area contributed by atoms with Crippen LogP contribution in [0, 0.1) is 0 Å². The fraction of sp³-hybridized carbons (Fsp3) is 1.00. The van der Waals surface area contributed by atoms with Gasteiger partial charge in [0.05, 0.1) is 19.3 Å². The highest BCUT2D eigenvalue weighted by atomic mass is 16.3. The van der Waals surface area contributed by atoms with Gasteiger partial charge in [0.25, 0.3) is 0 Å². The number of nitrogens with one attached hydrogen (secondary N) is 1. The SMILES string of the molecule is CCCCCCCCCCCCC(C)NC(CO)CO. The Bertz CT molecular complexity index is 184. The number of rotatable bonds is 15. The first-order valence-corrected chi connectivity index (χ1v) is 8.72. The zero-order chi connectivity index (χ0) is 15.1. The van der Waals surface area contributed by atoms with Crippen molar-refractivity contribution in [3.8, 4) is 0 Å². The molecule has 0 amide bonds. The molecule has 3 N–H and O–H groups in total. The molecule has 0 aliphatic rings. The third-order valence-corrected chi connectivity index (χ3v) is 3.95. The van der Waals surface area contributed by atoms with Crippen molar-refractivity contribution in [3.63, 3.8) is 0 Å². The molecular weight excluding hydrogens is 250 g/mol. The number of unbranched alkanes of at least 4 members (excludes halogenated alkanes) is 9. The van der Waals surface area contributed by atoms with E-state index in [1.807, 2.05) is 0 Å². The minimum absolute atomic E-state index is 0.0128. The number of aliphatic hydroxyl groups is 2. The Kier molecular flexibility index (Phi) is 15.2. The molecule has 3 heteroatoms. The van der Waals surface area contributed by atoms with Crippen molar-refractivity contribution in [2.75, 3.05) is 13.2 Å². The van der Waals surface area contributed by atoms with Crippen LogP contribution in [-0.2, 0) is 0 Å². The topological polar surface area (TPSA) is 52.5 Å². The standard InChI is InChI=1S/C17H37NO2/c1-3-4-5-6-7-8-9-10-11-12-13-16(2)18-17(14-19)15-20/h16-20H,3-15H2,1-2H3. The molecular formula is C17H37NO2. The molecule has 122 valence electrons. The predicted molar refractivity (Wildman–Crippen MR) is 87.0 cm³/mol. The first kappa shape index (κ1) is 19.9. The smallest absolute Gasteiger partial charge is 0.0607 e. The lowest BCUT2D eigenvalue weighted by Gasteiger charge is -2.19. The van der Waals surface area contributed by atoms with E-state index in [2.05, 4.69) is 19.2 Å². The van der Waals surface area contributed by atoms with E-state index in [4.69, 9.17) is 10.2 Å². The summed E-state index contributed by atoms with van der Waals surface area (Å²) in [7, 11) is 0. The van der Waals surface area contributed by atoms with Gasteiger partial charge in [0.1, 0.15) is 0 Å². The number of aliphatic hydroxyl groups excluding tert-OH is 2. The van der Waals surface area contributed by atoms with E-state index in [-0.39, 0.29) is 19.3 Å². The molecule has 0 aliphatic heterocycles. The molecule has 3 nitrogen and oxygen atoms in total. The van der Waals surface area contributed by atoms with Gasteiger partial charge < -0.3 is 15.5 Å². The van der Waals surface area contributed by atoms with Gasteiger partial charge in [-0.15, -0.1) is 0 Å². The average molecular weight is 287 g/mol. The van der Waals surface area contributed by atoms with E-state index in [1.165, 1.54) is 64.2 Å². The summed E-state index contributed by atoms with van der Waals surface area (Å²) in [5.41, 5.74) is 0. The van der Waals surface area contributed by atoms with Gasteiger partial charge in [0.15, 0.2) is 0 Å². The van der Waals surface area contributed by atoms with Crippen LogP contribution in [0.5, 0.6) is 0 Å². The summed E-state index contributed by atoms with van der Waals surface area (Å²) in [5, 5.41) is 21.2. The van der Waals surface area contributed by atoms with Crippen molar-refractivity contribution in [1.82, 2.24) is 5.32 Å². The molecule has 0 aromatic carbocycles. The number of hydrogen-bond acceptors (Lipinski definition) is 3. The molecule has 1 atom stereocenters. The molecule has 0 saturated carbocycles. The van der Waals surface area contributed by atoms with Gasteiger partial charge in [0.2, 0.25) is 0 Å². The first-order chi connectivity index (χ1) is 9.74. The Balaban J connectivity index is 3.22. The van der Waals surface area contributed by atoms with E-state index < -0.39 is 0 Å². The molecule has 0 spiro atoms.